The first-order chi connectivity index (χ1) is 6.72. The second-order valence-corrected chi connectivity index (χ2v) is 2.86. The van der Waals surface area contributed by atoms with Crippen molar-refractivity contribution >= 4 is 12.4 Å². The van der Waals surface area contributed by atoms with Crippen molar-refractivity contribution in [3.8, 4) is 11.5 Å². The SMILES string of the molecule is COc1ccc(OC)c([C@@H](O)CN)c1.Cl. The fourth-order valence-electron chi connectivity index (χ4n) is 1.23. The van der Waals surface area contributed by atoms with E-state index in [1.54, 1.807) is 32.4 Å². The Kier molecular flexibility index (Phi) is 6.08. The molecule has 0 aliphatic heterocycles. The van der Waals surface area contributed by atoms with Crippen LogP contribution < -0.4 is 15.2 Å². The third-order valence-corrected chi connectivity index (χ3v) is 2.02. The first kappa shape index (κ1) is 14.0. The summed E-state index contributed by atoms with van der Waals surface area (Å²) in [5, 5.41) is 9.60. The van der Waals surface area contributed by atoms with Gasteiger partial charge in [-0.3, -0.25) is 0 Å². The van der Waals surface area contributed by atoms with Crippen LogP contribution in [0.2, 0.25) is 0 Å². The van der Waals surface area contributed by atoms with Crippen LogP contribution in [0.15, 0.2) is 18.2 Å². The van der Waals surface area contributed by atoms with Crippen LogP contribution in [0, 0.1) is 0 Å². The molecule has 1 aromatic rings. The third-order valence-electron chi connectivity index (χ3n) is 2.02. The molecule has 5 heteroatoms. The Morgan fingerprint density at radius 2 is 2.00 bits per heavy atom. The van der Waals surface area contributed by atoms with E-state index in [1.165, 1.54) is 0 Å². The highest BCUT2D eigenvalue weighted by atomic mass is 35.5. The van der Waals surface area contributed by atoms with E-state index < -0.39 is 6.10 Å². The van der Waals surface area contributed by atoms with E-state index in [-0.39, 0.29) is 19.0 Å². The number of halogens is 1. The van der Waals surface area contributed by atoms with Gasteiger partial charge in [-0.15, -0.1) is 12.4 Å². The summed E-state index contributed by atoms with van der Waals surface area (Å²) in [5.41, 5.74) is 6.02. The Hall–Kier alpha value is -0.970. The Bertz CT molecular complexity index is 307. The van der Waals surface area contributed by atoms with Crippen LogP contribution in [0.1, 0.15) is 11.7 Å². The van der Waals surface area contributed by atoms with Crippen molar-refractivity contribution in [1.82, 2.24) is 0 Å². The lowest BCUT2D eigenvalue weighted by molar-refractivity contribution is 0.181. The number of rotatable bonds is 4. The normalized spacial score (nSPS) is 11.5. The van der Waals surface area contributed by atoms with Crippen molar-refractivity contribution in [1.29, 1.82) is 0 Å². The van der Waals surface area contributed by atoms with Crippen molar-refractivity contribution < 1.29 is 14.6 Å². The van der Waals surface area contributed by atoms with Gasteiger partial charge in [-0.05, 0) is 18.2 Å². The molecule has 0 radical (unpaired) electrons. The topological polar surface area (TPSA) is 64.7 Å². The number of ether oxygens (including phenoxy) is 2. The summed E-state index contributed by atoms with van der Waals surface area (Å²) >= 11 is 0. The Balaban J connectivity index is 0.00000196. The molecule has 0 aromatic heterocycles. The van der Waals surface area contributed by atoms with Gasteiger partial charge in [-0.1, -0.05) is 0 Å². The first-order valence-corrected chi connectivity index (χ1v) is 4.33. The van der Waals surface area contributed by atoms with Gasteiger partial charge < -0.3 is 20.3 Å². The van der Waals surface area contributed by atoms with Crippen LogP contribution in [0.25, 0.3) is 0 Å². The van der Waals surface area contributed by atoms with Crippen LogP contribution in [-0.2, 0) is 0 Å². The summed E-state index contributed by atoms with van der Waals surface area (Å²) < 4.78 is 10.1. The number of hydrogen-bond donors (Lipinski definition) is 2. The van der Waals surface area contributed by atoms with E-state index in [1.807, 2.05) is 0 Å². The zero-order valence-electron chi connectivity index (χ0n) is 8.77. The highest BCUT2D eigenvalue weighted by Crippen LogP contribution is 2.28. The second kappa shape index (κ2) is 6.50. The summed E-state index contributed by atoms with van der Waals surface area (Å²) in [5.74, 6) is 1.29. The van der Waals surface area contributed by atoms with Gasteiger partial charge in [0.1, 0.15) is 11.5 Å². The van der Waals surface area contributed by atoms with E-state index in [4.69, 9.17) is 15.2 Å². The Labute approximate surface area is 95.4 Å². The molecule has 0 aliphatic rings. The largest absolute Gasteiger partial charge is 0.497 e. The summed E-state index contributed by atoms with van der Waals surface area (Å²) in [6.07, 6.45) is -0.722. The first-order valence-electron chi connectivity index (χ1n) is 4.33. The van der Waals surface area contributed by atoms with Crippen molar-refractivity contribution in [2.75, 3.05) is 20.8 Å². The molecular weight excluding hydrogens is 218 g/mol. The highest BCUT2D eigenvalue weighted by Gasteiger charge is 2.12. The smallest absolute Gasteiger partial charge is 0.124 e. The maximum atomic E-state index is 9.60. The highest BCUT2D eigenvalue weighted by molar-refractivity contribution is 5.85. The maximum absolute atomic E-state index is 9.60. The summed E-state index contributed by atoms with van der Waals surface area (Å²) in [4.78, 5) is 0. The van der Waals surface area contributed by atoms with Gasteiger partial charge in [0.2, 0.25) is 0 Å². The minimum atomic E-state index is -0.722. The standard InChI is InChI=1S/C10H15NO3.ClH/c1-13-7-3-4-10(14-2)8(5-7)9(12)6-11;/h3-5,9,12H,6,11H2,1-2H3;1H/t9-;/m0./s1. The van der Waals surface area contributed by atoms with Gasteiger partial charge in [0, 0.05) is 12.1 Å². The minimum Gasteiger partial charge on any atom is -0.497 e. The van der Waals surface area contributed by atoms with Crippen LogP contribution in [0.4, 0.5) is 0 Å². The summed E-state index contributed by atoms with van der Waals surface area (Å²) in [6, 6.07) is 5.23. The molecule has 3 N–H and O–H groups in total. The molecule has 0 amide bonds. The van der Waals surface area contributed by atoms with Gasteiger partial charge in [-0.25, -0.2) is 0 Å². The van der Waals surface area contributed by atoms with Crippen LogP contribution in [0.3, 0.4) is 0 Å². The zero-order chi connectivity index (χ0) is 10.6. The maximum Gasteiger partial charge on any atom is 0.124 e. The van der Waals surface area contributed by atoms with Gasteiger partial charge in [-0.2, -0.15) is 0 Å². The van der Waals surface area contributed by atoms with Crippen molar-refractivity contribution in [2.45, 2.75) is 6.10 Å². The van der Waals surface area contributed by atoms with E-state index in [0.29, 0.717) is 17.1 Å². The molecule has 1 aromatic carbocycles. The van der Waals surface area contributed by atoms with E-state index in [0.717, 1.165) is 0 Å². The molecule has 4 nitrogen and oxygen atoms in total. The fourth-order valence-corrected chi connectivity index (χ4v) is 1.23. The molecule has 0 saturated carbocycles. The molecule has 0 aliphatic carbocycles. The predicted octanol–water partition coefficient (Wildman–Crippen LogP) is 1.12. The molecular formula is C10H16ClNO3. The quantitative estimate of drug-likeness (QED) is 0.818. The van der Waals surface area contributed by atoms with Gasteiger partial charge >= 0.3 is 0 Å². The van der Waals surface area contributed by atoms with Gasteiger partial charge in [0.15, 0.2) is 0 Å². The monoisotopic (exact) mass is 233 g/mol. The van der Waals surface area contributed by atoms with Crippen molar-refractivity contribution in [2.24, 2.45) is 5.73 Å². The van der Waals surface area contributed by atoms with Crippen LogP contribution in [-0.4, -0.2) is 25.9 Å². The minimum absolute atomic E-state index is 0. The average molecular weight is 234 g/mol. The number of aliphatic hydroxyl groups excluding tert-OH is 1. The Morgan fingerprint density at radius 1 is 1.33 bits per heavy atom. The van der Waals surface area contributed by atoms with Gasteiger partial charge in [0.05, 0.1) is 20.3 Å². The average Bonchev–Trinajstić information content (AvgIpc) is 2.27. The number of nitrogens with two attached hydrogens (primary N) is 1. The van der Waals surface area contributed by atoms with E-state index in [9.17, 15) is 5.11 Å². The molecule has 1 rings (SSSR count). The predicted molar refractivity (Wildman–Crippen MR) is 60.8 cm³/mol. The lowest BCUT2D eigenvalue weighted by Gasteiger charge is -2.14. The summed E-state index contributed by atoms with van der Waals surface area (Å²) in [7, 11) is 3.12. The molecule has 15 heavy (non-hydrogen) atoms. The number of methoxy groups -OCH3 is 2. The molecule has 0 saturated heterocycles. The number of aliphatic hydroxyl groups is 1. The van der Waals surface area contributed by atoms with Crippen LogP contribution in [0.5, 0.6) is 11.5 Å². The van der Waals surface area contributed by atoms with Crippen molar-refractivity contribution in [3.05, 3.63) is 23.8 Å². The number of benzene rings is 1. The molecule has 0 spiro atoms. The molecule has 86 valence electrons. The summed E-state index contributed by atoms with van der Waals surface area (Å²) in [6.45, 7) is 0.156. The zero-order valence-corrected chi connectivity index (χ0v) is 9.58. The van der Waals surface area contributed by atoms with Crippen molar-refractivity contribution in [3.63, 3.8) is 0 Å². The van der Waals surface area contributed by atoms with Crippen LogP contribution >= 0.6 is 12.4 Å². The fraction of sp³-hybridized carbons (Fsp3) is 0.400. The third kappa shape index (κ3) is 3.27. The molecule has 1 atom stereocenters. The molecule has 0 bridgehead atoms. The lowest BCUT2D eigenvalue weighted by Crippen LogP contribution is -2.12. The molecule has 0 unspecified atom stereocenters. The second-order valence-electron chi connectivity index (χ2n) is 2.86. The van der Waals surface area contributed by atoms with Gasteiger partial charge in [0.25, 0.3) is 0 Å². The lowest BCUT2D eigenvalue weighted by atomic mass is 10.1. The molecule has 0 heterocycles. The van der Waals surface area contributed by atoms with E-state index >= 15 is 0 Å². The Morgan fingerprint density at radius 3 is 2.47 bits per heavy atom. The molecule has 0 fully saturated rings. The number of hydrogen-bond acceptors (Lipinski definition) is 4. The van der Waals surface area contributed by atoms with E-state index in [2.05, 4.69) is 0 Å².